The number of nitrogens with one attached hydrogen (secondary N) is 2. The van der Waals surface area contributed by atoms with E-state index in [0.717, 1.165) is 17.0 Å². The van der Waals surface area contributed by atoms with Crippen molar-refractivity contribution in [3.8, 4) is 5.75 Å². The molecule has 3 rings (SSSR count). The normalized spacial score (nSPS) is 10.5. The quantitative estimate of drug-likeness (QED) is 0.635. The summed E-state index contributed by atoms with van der Waals surface area (Å²) in [6, 6.07) is 18.8. The van der Waals surface area contributed by atoms with Crippen LogP contribution in [0.3, 0.4) is 0 Å². The molecule has 0 aliphatic carbocycles. The van der Waals surface area contributed by atoms with E-state index in [0.29, 0.717) is 17.1 Å². The van der Waals surface area contributed by atoms with Gasteiger partial charge in [0, 0.05) is 17.6 Å². The van der Waals surface area contributed by atoms with Gasteiger partial charge in [-0.25, -0.2) is 4.98 Å². The van der Waals surface area contributed by atoms with Gasteiger partial charge in [0.2, 0.25) is 0 Å². The maximum absolute atomic E-state index is 12.4. The average molecular weight is 361 g/mol. The number of benzene rings is 2. The molecule has 0 fully saturated rings. The molecule has 0 atom stereocenters. The second-order valence-electron chi connectivity index (χ2n) is 6.52. The summed E-state index contributed by atoms with van der Waals surface area (Å²) in [6.45, 7) is 5.97. The monoisotopic (exact) mass is 361 g/mol. The fraction of sp³-hybridized carbons (Fsp3) is 0.182. The summed E-state index contributed by atoms with van der Waals surface area (Å²) in [6.07, 6.45) is 1.68. The van der Waals surface area contributed by atoms with Crippen LogP contribution < -0.4 is 15.4 Å². The molecule has 27 heavy (non-hydrogen) atoms. The molecular formula is C22H23N3O2. The molecule has 0 spiro atoms. The summed E-state index contributed by atoms with van der Waals surface area (Å²) in [5, 5.41) is 6.12. The molecule has 5 heteroatoms. The fourth-order valence-electron chi connectivity index (χ4n) is 2.55. The Kier molecular flexibility index (Phi) is 5.71. The van der Waals surface area contributed by atoms with Gasteiger partial charge < -0.3 is 15.4 Å². The van der Waals surface area contributed by atoms with Crippen molar-refractivity contribution in [3.05, 3.63) is 78.0 Å². The van der Waals surface area contributed by atoms with Crippen molar-refractivity contribution in [2.24, 2.45) is 0 Å². The first-order valence-electron chi connectivity index (χ1n) is 8.88. The Bertz CT molecular complexity index is 904. The van der Waals surface area contributed by atoms with Crippen molar-refractivity contribution >= 4 is 23.1 Å². The van der Waals surface area contributed by atoms with Gasteiger partial charge >= 0.3 is 0 Å². The molecule has 0 radical (unpaired) electrons. The van der Waals surface area contributed by atoms with Crippen LogP contribution in [0.4, 0.5) is 17.2 Å². The molecule has 0 aliphatic heterocycles. The Balaban J connectivity index is 1.63. The molecule has 0 saturated carbocycles. The molecule has 0 bridgehead atoms. The maximum Gasteiger partial charge on any atom is 0.257 e. The highest BCUT2D eigenvalue weighted by Crippen LogP contribution is 2.20. The summed E-state index contributed by atoms with van der Waals surface area (Å²) >= 11 is 0. The van der Waals surface area contributed by atoms with Crippen molar-refractivity contribution in [3.63, 3.8) is 0 Å². The highest BCUT2D eigenvalue weighted by atomic mass is 16.5. The zero-order valence-electron chi connectivity index (χ0n) is 15.7. The van der Waals surface area contributed by atoms with Gasteiger partial charge in [-0.15, -0.1) is 0 Å². The molecule has 5 nitrogen and oxygen atoms in total. The Morgan fingerprint density at radius 1 is 1.00 bits per heavy atom. The minimum atomic E-state index is -0.206. The van der Waals surface area contributed by atoms with E-state index in [9.17, 15) is 4.79 Å². The van der Waals surface area contributed by atoms with Crippen molar-refractivity contribution in [2.45, 2.75) is 26.9 Å². The number of hydrogen-bond acceptors (Lipinski definition) is 4. The highest BCUT2D eigenvalue weighted by Gasteiger charge is 2.08. The summed E-state index contributed by atoms with van der Waals surface area (Å²) in [5.74, 6) is 1.26. The lowest BCUT2D eigenvalue weighted by Crippen LogP contribution is -2.12. The Labute approximate surface area is 159 Å². The predicted molar refractivity (Wildman–Crippen MR) is 109 cm³/mol. The Hall–Kier alpha value is -3.34. The first-order valence-corrected chi connectivity index (χ1v) is 8.88. The SMILES string of the molecule is Cc1ccccc1Nc1ccc(C(=O)Nc2ccc(OC(C)C)cc2)cn1. The molecule has 3 aromatic rings. The van der Waals surface area contributed by atoms with E-state index >= 15 is 0 Å². The molecule has 2 N–H and O–H groups in total. The number of amides is 1. The van der Waals surface area contributed by atoms with Gasteiger partial charge in [0.25, 0.3) is 5.91 Å². The number of anilines is 3. The number of pyridine rings is 1. The first kappa shape index (κ1) is 18.5. The predicted octanol–water partition coefficient (Wildman–Crippen LogP) is 5.17. The molecule has 1 heterocycles. The summed E-state index contributed by atoms with van der Waals surface area (Å²) in [5.41, 5.74) is 3.32. The van der Waals surface area contributed by atoms with E-state index in [4.69, 9.17) is 4.74 Å². The lowest BCUT2D eigenvalue weighted by molar-refractivity contribution is 0.102. The summed E-state index contributed by atoms with van der Waals surface area (Å²) in [7, 11) is 0. The molecule has 2 aromatic carbocycles. The van der Waals surface area contributed by atoms with Crippen molar-refractivity contribution in [1.29, 1.82) is 0 Å². The van der Waals surface area contributed by atoms with Crippen LogP contribution in [0.25, 0.3) is 0 Å². The summed E-state index contributed by atoms with van der Waals surface area (Å²) in [4.78, 5) is 16.7. The topological polar surface area (TPSA) is 63.2 Å². The number of aryl methyl sites for hydroxylation is 1. The van der Waals surface area contributed by atoms with Crippen LogP contribution in [0.5, 0.6) is 5.75 Å². The standard InChI is InChI=1S/C22H23N3O2/c1-15(2)27-19-11-9-18(10-12-19)24-22(26)17-8-13-21(23-14-17)25-20-7-5-4-6-16(20)3/h4-15H,1-3H3,(H,23,25)(H,24,26). The lowest BCUT2D eigenvalue weighted by Gasteiger charge is -2.11. The van der Waals surface area contributed by atoms with Crippen molar-refractivity contribution < 1.29 is 9.53 Å². The van der Waals surface area contributed by atoms with Crippen molar-refractivity contribution in [1.82, 2.24) is 4.98 Å². The maximum atomic E-state index is 12.4. The highest BCUT2D eigenvalue weighted by molar-refractivity contribution is 6.04. The molecule has 1 aromatic heterocycles. The zero-order chi connectivity index (χ0) is 19.2. The van der Waals surface area contributed by atoms with Crippen LogP contribution in [0.1, 0.15) is 29.8 Å². The molecule has 138 valence electrons. The largest absolute Gasteiger partial charge is 0.491 e. The number of hydrogen-bond donors (Lipinski definition) is 2. The van der Waals surface area contributed by atoms with Crippen molar-refractivity contribution in [2.75, 3.05) is 10.6 Å². The second-order valence-corrected chi connectivity index (χ2v) is 6.52. The number of carbonyl (C=O) groups excluding carboxylic acids is 1. The van der Waals surface area contributed by atoms with Gasteiger partial charge in [0.15, 0.2) is 0 Å². The average Bonchev–Trinajstić information content (AvgIpc) is 2.65. The number of nitrogens with zero attached hydrogens (tertiary/aromatic N) is 1. The van der Waals surface area contributed by atoms with Crippen LogP contribution in [-0.2, 0) is 0 Å². The van der Waals surface area contributed by atoms with E-state index in [2.05, 4.69) is 15.6 Å². The summed E-state index contributed by atoms with van der Waals surface area (Å²) < 4.78 is 5.60. The van der Waals surface area contributed by atoms with Crippen LogP contribution >= 0.6 is 0 Å². The number of ether oxygens (including phenoxy) is 1. The smallest absolute Gasteiger partial charge is 0.257 e. The van der Waals surface area contributed by atoms with E-state index in [1.807, 2.05) is 69.3 Å². The van der Waals surface area contributed by atoms with E-state index < -0.39 is 0 Å². The van der Waals surface area contributed by atoms with E-state index in [1.54, 1.807) is 18.3 Å². The Morgan fingerprint density at radius 2 is 1.74 bits per heavy atom. The van der Waals surface area contributed by atoms with Gasteiger partial charge in [-0.2, -0.15) is 0 Å². The van der Waals surface area contributed by atoms with Gasteiger partial charge in [-0.1, -0.05) is 18.2 Å². The van der Waals surface area contributed by atoms with E-state index in [-0.39, 0.29) is 12.0 Å². The molecule has 0 unspecified atom stereocenters. The molecule has 1 amide bonds. The third-order valence-corrected chi connectivity index (χ3v) is 3.92. The van der Waals surface area contributed by atoms with Gasteiger partial charge in [0.05, 0.1) is 11.7 Å². The minimum Gasteiger partial charge on any atom is -0.491 e. The van der Waals surface area contributed by atoms with Crippen LogP contribution in [0.2, 0.25) is 0 Å². The van der Waals surface area contributed by atoms with Gasteiger partial charge in [-0.3, -0.25) is 4.79 Å². The Morgan fingerprint density at radius 3 is 2.37 bits per heavy atom. The molecular weight excluding hydrogens is 338 g/mol. The van der Waals surface area contributed by atoms with Crippen LogP contribution in [0.15, 0.2) is 66.9 Å². The van der Waals surface area contributed by atoms with Crippen LogP contribution in [-0.4, -0.2) is 17.0 Å². The number of para-hydroxylation sites is 1. The third kappa shape index (κ3) is 5.07. The number of rotatable bonds is 6. The molecule has 0 saturated heterocycles. The first-order chi connectivity index (χ1) is 13.0. The third-order valence-electron chi connectivity index (χ3n) is 3.92. The number of aromatic nitrogens is 1. The molecule has 0 aliphatic rings. The minimum absolute atomic E-state index is 0.114. The second kappa shape index (κ2) is 8.36. The van der Waals surface area contributed by atoms with E-state index in [1.165, 1.54) is 0 Å². The zero-order valence-corrected chi connectivity index (χ0v) is 15.7. The van der Waals surface area contributed by atoms with Gasteiger partial charge in [-0.05, 0) is 68.8 Å². The number of carbonyl (C=O) groups is 1. The fourth-order valence-corrected chi connectivity index (χ4v) is 2.55. The van der Waals surface area contributed by atoms with Gasteiger partial charge in [0.1, 0.15) is 11.6 Å². The lowest BCUT2D eigenvalue weighted by atomic mass is 10.2. The van der Waals surface area contributed by atoms with Crippen LogP contribution in [0, 0.1) is 6.92 Å².